The van der Waals surface area contributed by atoms with Gasteiger partial charge in [0.15, 0.2) is 12.6 Å². The summed E-state index contributed by atoms with van der Waals surface area (Å²) >= 11 is 0. The Kier molecular flexibility index (Phi) is 1.10. The van der Waals surface area contributed by atoms with Gasteiger partial charge in [0.05, 0.1) is 0 Å². The molecule has 0 saturated carbocycles. The molecule has 40 valence electrons. The highest BCUT2D eigenvalue weighted by Gasteiger charge is 2.11. The van der Waals surface area contributed by atoms with Crippen LogP contribution >= 0.6 is 0 Å². The molecule has 0 amide bonds. The molecule has 0 aliphatic carbocycles. The Morgan fingerprint density at radius 1 is 1.14 bits per heavy atom. The lowest BCUT2D eigenvalue weighted by atomic mass is 10.5. The Morgan fingerprint density at radius 3 is 1.71 bits per heavy atom. The van der Waals surface area contributed by atoms with Crippen molar-refractivity contribution in [1.82, 2.24) is 0 Å². The molecular formula is C4H6O3. The molecule has 3 heteroatoms. The second-order valence-corrected chi connectivity index (χ2v) is 1.30. The van der Waals surface area contributed by atoms with E-state index < -0.39 is 12.6 Å². The van der Waals surface area contributed by atoms with Gasteiger partial charge in [0, 0.05) is 0 Å². The first kappa shape index (κ1) is 4.77. The normalized spacial score (nSPS) is 39.7. The van der Waals surface area contributed by atoms with E-state index in [0.29, 0.717) is 0 Å². The molecule has 2 atom stereocenters. The van der Waals surface area contributed by atoms with Gasteiger partial charge in [-0.15, -0.1) is 0 Å². The minimum Gasteiger partial charge on any atom is -0.365 e. The maximum atomic E-state index is 8.43. The fourth-order valence-electron chi connectivity index (χ4n) is 0.424. The zero-order valence-electron chi connectivity index (χ0n) is 3.61. The van der Waals surface area contributed by atoms with Crippen molar-refractivity contribution in [3.05, 3.63) is 12.2 Å². The van der Waals surface area contributed by atoms with Gasteiger partial charge in [-0.1, -0.05) is 0 Å². The van der Waals surface area contributed by atoms with Crippen molar-refractivity contribution >= 4 is 0 Å². The molecule has 7 heavy (non-hydrogen) atoms. The van der Waals surface area contributed by atoms with Gasteiger partial charge in [-0.3, -0.25) is 0 Å². The maximum Gasteiger partial charge on any atom is 0.177 e. The quantitative estimate of drug-likeness (QED) is 0.394. The molecule has 1 aliphatic rings. The van der Waals surface area contributed by atoms with Crippen LogP contribution in [0.4, 0.5) is 0 Å². The van der Waals surface area contributed by atoms with E-state index in [9.17, 15) is 0 Å². The Bertz CT molecular complexity index is 78.9. The van der Waals surface area contributed by atoms with Crippen molar-refractivity contribution in [3.63, 3.8) is 0 Å². The van der Waals surface area contributed by atoms with E-state index in [0.717, 1.165) is 0 Å². The molecule has 2 N–H and O–H groups in total. The van der Waals surface area contributed by atoms with Crippen molar-refractivity contribution in [2.45, 2.75) is 12.6 Å². The minimum atomic E-state index is -0.907. The fourth-order valence-corrected chi connectivity index (χ4v) is 0.424. The predicted octanol–water partition coefficient (Wildman–Crippen LogP) is -0.790. The molecule has 0 radical (unpaired) electrons. The number of aliphatic hydroxyl groups excluding tert-OH is 2. The Hall–Kier alpha value is -0.380. The number of ether oxygens (including phenoxy) is 1. The molecule has 2 unspecified atom stereocenters. The van der Waals surface area contributed by atoms with Gasteiger partial charge >= 0.3 is 0 Å². The highest BCUT2D eigenvalue weighted by atomic mass is 16.7. The van der Waals surface area contributed by atoms with Crippen LogP contribution in [0.15, 0.2) is 12.2 Å². The van der Waals surface area contributed by atoms with Gasteiger partial charge in [-0.2, -0.15) is 0 Å². The molecule has 0 fully saturated rings. The van der Waals surface area contributed by atoms with Crippen molar-refractivity contribution in [2.24, 2.45) is 0 Å². The molecular weight excluding hydrogens is 96.0 g/mol. The Morgan fingerprint density at radius 2 is 1.57 bits per heavy atom. The Balaban J connectivity index is 2.42. The first-order valence-corrected chi connectivity index (χ1v) is 1.99. The van der Waals surface area contributed by atoms with E-state index in [1.165, 1.54) is 12.2 Å². The van der Waals surface area contributed by atoms with Gasteiger partial charge in [0.1, 0.15) is 0 Å². The van der Waals surface area contributed by atoms with Crippen LogP contribution in [0.3, 0.4) is 0 Å². The molecule has 1 rings (SSSR count). The molecule has 0 aromatic rings. The van der Waals surface area contributed by atoms with Gasteiger partial charge < -0.3 is 14.9 Å². The van der Waals surface area contributed by atoms with Gasteiger partial charge in [-0.05, 0) is 12.2 Å². The molecule has 0 aromatic carbocycles. The average molecular weight is 102 g/mol. The lowest BCUT2D eigenvalue weighted by Gasteiger charge is -2.00. The second-order valence-electron chi connectivity index (χ2n) is 1.30. The van der Waals surface area contributed by atoms with Crippen LogP contribution in [0.5, 0.6) is 0 Å². The zero-order chi connectivity index (χ0) is 5.28. The van der Waals surface area contributed by atoms with Crippen LogP contribution in [0.1, 0.15) is 0 Å². The monoisotopic (exact) mass is 102 g/mol. The summed E-state index contributed by atoms with van der Waals surface area (Å²) in [6.45, 7) is 0. The lowest BCUT2D eigenvalue weighted by molar-refractivity contribution is -0.147. The summed E-state index contributed by atoms with van der Waals surface area (Å²) in [5, 5.41) is 16.9. The van der Waals surface area contributed by atoms with Gasteiger partial charge in [0.25, 0.3) is 0 Å². The SMILES string of the molecule is OC1C=CC(O)O1. The van der Waals surface area contributed by atoms with Crippen LogP contribution < -0.4 is 0 Å². The van der Waals surface area contributed by atoms with E-state index in [1.807, 2.05) is 0 Å². The fraction of sp³-hybridized carbons (Fsp3) is 0.500. The number of aliphatic hydroxyl groups is 2. The van der Waals surface area contributed by atoms with Crippen LogP contribution in [0.25, 0.3) is 0 Å². The van der Waals surface area contributed by atoms with Crippen LogP contribution in [-0.2, 0) is 4.74 Å². The molecule has 1 aliphatic heterocycles. The molecule has 0 spiro atoms. The minimum absolute atomic E-state index is 0.907. The predicted molar refractivity (Wildman–Crippen MR) is 22.2 cm³/mol. The number of rotatable bonds is 0. The van der Waals surface area contributed by atoms with Gasteiger partial charge in [0.2, 0.25) is 0 Å². The van der Waals surface area contributed by atoms with Crippen molar-refractivity contribution in [3.8, 4) is 0 Å². The topological polar surface area (TPSA) is 49.7 Å². The van der Waals surface area contributed by atoms with Crippen molar-refractivity contribution < 1.29 is 14.9 Å². The van der Waals surface area contributed by atoms with E-state index >= 15 is 0 Å². The molecule has 0 bridgehead atoms. The largest absolute Gasteiger partial charge is 0.365 e. The summed E-state index contributed by atoms with van der Waals surface area (Å²) in [6, 6.07) is 0. The summed E-state index contributed by atoms with van der Waals surface area (Å²) in [5.74, 6) is 0. The molecule has 1 heterocycles. The third kappa shape index (κ3) is 0.991. The first-order chi connectivity index (χ1) is 3.29. The standard InChI is InChI=1S/C4H6O3/c5-3-1-2-4(6)7-3/h1-6H. The van der Waals surface area contributed by atoms with Crippen LogP contribution in [0, 0.1) is 0 Å². The third-order valence-electron chi connectivity index (χ3n) is 0.719. The molecule has 0 saturated heterocycles. The molecule has 0 aromatic heterocycles. The highest BCUT2D eigenvalue weighted by Crippen LogP contribution is 2.04. The summed E-state index contributed by atoms with van der Waals surface area (Å²) in [7, 11) is 0. The summed E-state index contributed by atoms with van der Waals surface area (Å²) in [4.78, 5) is 0. The van der Waals surface area contributed by atoms with E-state index in [2.05, 4.69) is 4.74 Å². The van der Waals surface area contributed by atoms with Crippen molar-refractivity contribution in [1.29, 1.82) is 0 Å². The van der Waals surface area contributed by atoms with Crippen molar-refractivity contribution in [2.75, 3.05) is 0 Å². The molecule has 3 nitrogen and oxygen atoms in total. The van der Waals surface area contributed by atoms with Crippen LogP contribution in [-0.4, -0.2) is 22.8 Å². The smallest absolute Gasteiger partial charge is 0.177 e. The second kappa shape index (κ2) is 1.61. The Labute approximate surface area is 40.8 Å². The summed E-state index contributed by atoms with van der Waals surface area (Å²) in [5.41, 5.74) is 0. The number of hydrogen-bond acceptors (Lipinski definition) is 3. The summed E-state index contributed by atoms with van der Waals surface area (Å²) in [6.07, 6.45) is 0.944. The van der Waals surface area contributed by atoms with E-state index in [4.69, 9.17) is 10.2 Å². The third-order valence-corrected chi connectivity index (χ3v) is 0.719. The lowest BCUT2D eigenvalue weighted by Crippen LogP contribution is -2.09. The maximum absolute atomic E-state index is 8.43. The zero-order valence-corrected chi connectivity index (χ0v) is 3.61. The number of hydrogen-bond donors (Lipinski definition) is 2. The van der Waals surface area contributed by atoms with E-state index in [1.54, 1.807) is 0 Å². The first-order valence-electron chi connectivity index (χ1n) is 1.99. The highest BCUT2D eigenvalue weighted by molar-refractivity contribution is 4.92. The van der Waals surface area contributed by atoms with Gasteiger partial charge in [-0.25, -0.2) is 0 Å². The average Bonchev–Trinajstić information content (AvgIpc) is 1.87. The van der Waals surface area contributed by atoms with Crippen LogP contribution in [0.2, 0.25) is 0 Å². The summed E-state index contributed by atoms with van der Waals surface area (Å²) < 4.78 is 4.36. The van der Waals surface area contributed by atoms with E-state index in [-0.39, 0.29) is 0 Å².